The van der Waals surface area contributed by atoms with Crippen LogP contribution in [-0.4, -0.2) is 25.6 Å². The summed E-state index contributed by atoms with van der Waals surface area (Å²) in [5.74, 6) is -3.82. The van der Waals surface area contributed by atoms with Crippen molar-refractivity contribution in [1.29, 1.82) is 5.26 Å². The van der Waals surface area contributed by atoms with Crippen molar-refractivity contribution in [1.82, 2.24) is 0 Å². The van der Waals surface area contributed by atoms with Gasteiger partial charge in [-0.2, -0.15) is 14.0 Å². The first-order valence-corrected chi connectivity index (χ1v) is 14.1. The lowest BCUT2D eigenvalue weighted by Gasteiger charge is -2.37. The first-order valence-electron chi connectivity index (χ1n) is 14.1. The number of nitriles is 1. The number of nitrogens with zero attached hydrogens (tertiary/aromatic N) is 1. The van der Waals surface area contributed by atoms with Gasteiger partial charge in [0.05, 0.1) is 19.1 Å². The molecular formula is C31H34F5NO3. The van der Waals surface area contributed by atoms with Gasteiger partial charge in [0.1, 0.15) is 34.8 Å². The Labute approximate surface area is 231 Å². The van der Waals surface area contributed by atoms with Gasteiger partial charge in [0.15, 0.2) is 6.29 Å². The topological polar surface area (TPSA) is 51.5 Å². The number of hydrogen-bond donors (Lipinski definition) is 0. The zero-order valence-corrected chi connectivity index (χ0v) is 22.5. The molecule has 0 spiro atoms. The Morgan fingerprint density at radius 2 is 1.43 bits per heavy atom. The Hall–Kier alpha value is -2.70. The Morgan fingerprint density at radius 3 is 2.00 bits per heavy atom. The molecule has 2 saturated carbocycles. The summed E-state index contributed by atoms with van der Waals surface area (Å²) in [6.45, 7) is 3.55. The minimum atomic E-state index is -3.66. The number of hydrogen-bond acceptors (Lipinski definition) is 4. The summed E-state index contributed by atoms with van der Waals surface area (Å²) < 4.78 is 89.0. The van der Waals surface area contributed by atoms with E-state index in [1.54, 1.807) is 12.1 Å². The number of alkyl halides is 2. The molecule has 0 atom stereocenters. The summed E-state index contributed by atoms with van der Waals surface area (Å²) >= 11 is 0. The first-order chi connectivity index (χ1) is 19.1. The van der Waals surface area contributed by atoms with Crippen LogP contribution >= 0.6 is 0 Å². The van der Waals surface area contributed by atoms with Gasteiger partial charge in [-0.1, -0.05) is 19.1 Å². The molecule has 5 rings (SSSR count). The minimum absolute atomic E-state index is 0.0776. The zero-order valence-electron chi connectivity index (χ0n) is 22.5. The van der Waals surface area contributed by atoms with Crippen molar-refractivity contribution in [2.45, 2.75) is 82.5 Å². The molecule has 1 aliphatic heterocycles. The number of rotatable bonds is 6. The van der Waals surface area contributed by atoms with Gasteiger partial charge in [0.25, 0.3) is 0 Å². The maximum Gasteiger partial charge on any atom is 0.400 e. The lowest BCUT2D eigenvalue weighted by Crippen LogP contribution is -2.37. The van der Waals surface area contributed by atoms with Gasteiger partial charge in [-0.3, -0.25) is 0 Å². The van der Waals surface area contributed by atoms with E-state index >= 15 is 4.39 Å². The molecule has 0 radical (unpaired) electrons. The van der Waals surface area contributed by atoms with E-state index in [4.69, 9.17) is 14.7 Å². The highest BCUT2D eigenvalue weighted by Gasteiger charge is 2.44. The molecule has 40 heavy (non-hydrogen) atoms. The zero-order chi connectivity index (χ0) is 28.4. The lowest BCUT2D eigenvalue weighted by atomic mass is 9.76. The van der Waals surface area contributed by atoms with Crippen molar-refractivity contribution in [3.63, 3.8) is 0 Å². The molecule has 0 N–H and O–H groups in total. The summed E-state index contributed by atoms with van der Waals surface area (Å²) in [6, 6.07) is 7.89. The summed E-state index contributed by atoms with van der Waals surface area (Å²) in [5.41, 5.74) is 0.652. The van der Waals surface area contributed by atoms with Gasteiger partial charge in [0, 0.05) is 24.0 Å². The molecule has 2 aromatic rings. The summed E-state index contributed by atoms with van der Waals surface area (Å²) in [5, 5.41) is 8.75. The third-order valence-corrected chi connectivity index (χ3v) is 8.77. The second-order valence-electron chi connectivity index (χ2n) is 11.6. The average Bonchev–Trinajstić information content (AvgIpc) is 2.93. The predicted octanol–water partition coefficient (Wildman–Crippen LogP) is 8.20. The van der Waals surface area contributed by atoms with Gasteiger partial charge in [-0.15, -0.1) is 0 Å². The van der Waals surface area contributed by atoms with Crippen molar-refractivity contribution < 1.29 is 36.2 Å². The number of halogens is 5. The third kappa shape index (κ3) is 6.28. The van der Waals surface area contributed by atoms with Gasteiger partial charge in [-0.25, -0.2) is 13.2 Å². The van der Waals surface area contributed by atoms with Crippen LogP contribution in [0.1, 0.15) is 86.8 Å². The van der Waals surface area contributed by atoms with Gasteiger partial charge >= 0.3 is 6.11 Å². The van der Waals surface area contributed by atoms with E-state index in [0.29, 0.717) is 42.4 Å². The molecule has 9 heteroatoms. The quantitative estimate of drug-likeness (QED) is 0.333. The normalized spacial score (nSPS) is 29.5. The standard InChI is InChI=1S/C31H34F5NO3/c1-18-16-38-30(39-17-18)21-4-2-19(3-5-21)22-8-11-25(27(32)12-22)20-6-9-23(10-7-20)31(35,36)40-24-13-28(33)26(15-37)29(34)14-24/h8,11-14,18-21,23,30H,2-7,9-10,16-17H2,1H3. The number of ether oxygens (including phenoxy) is 3. The fraction of sp³-hybridized carbons (Fsp3) is 0.581. The predicted molar refractivity (Wildman–Crippen MR) is 137 cm³/mol. The van der Waals surface area contributed by atoms with E-state index in [2.05, 4.69) is 11.7 Å². The van der Waals surface area contributed by atoms with Gasteiger partial charge < -0.3 is 14.2 Å². The van der Waals surface area contributed by atoms with Gasteiger partial charge in [-0.05, 0) is 80.4 Å². The van der Waals surface area contributed by atoms with Gasteiger partial charge in [0.2, 0.25) is 0 Å². The third-order valence-electron chi connectivity index (χ3n) is 8.77. The van der Waals surface area contributed by atoms with E-state index in [-0.39, 0.29) is 36.8 Å². The van der Waals surface area contributed by atoms with E-state index in [1.807, 2.05) is 6.07 Å². The highest BCUT2D eigenvalue weighted by molar-refractivity contribution is 5.38. The molecule has 0 amide bonds. The minimum Gasteiger partial charge on any atom is -0.432 e. The second-order valence-corrected chi connectivity index (χ2v) is 11.6. The van der Waals surface area contributed by atoms with Crippen LogP contribution in [0.2, 0.25) is 0 Å². The van der Waals surface area contributed by atoms with Crippen LogP contribution in [0.15, 0.2) is 30.3 Å². The fourth-order valence-electron chi connectivity index (χ4n) is 6.44. The van der Waals surface area contributed by atoms with Crippen LogP contribution in [0.3, 0.4) is 0 Å². The Kier molecular flexibility index (Phi) is 8.67. The summed E-state index contributed by atoms with van der Waals surface area (Å²) in [6.07, 6.45) is 0.862. The Bertz CT molecular complexity index is 1200. The largest absolute Gasteiger partial charge is 0.432 e. The lowest BCUT2D eigenvalue weighted by molar-refractivity contribution is -0.226. The van der Waals surface area contributed by atoms with Crippen molar-refractivity contribution in [2.24, 2.45) is 17.8 Å². The SMILES string of the molecule is CC1COC(C2CCC(c3ccc(C4CCC(C(F)(F)Oc5cc(F)c(C#N)c(F)c5)CC4)c(F)c3)CC2)OC1. The molecule has 2 aromatic carbocycles. The highest BCUT2D eigenvalue weighted by atomic mass is 19.3. The molecule has 0 bridgehead atoms. The molecule has 2 aliphatic carbocycles. The van der Waals surface area contributed by atoms with Crippen LogP contribution in [0.25, 0.3) is 0 Å². The highest BCUT2D eigenvalue weighted by Crippen LogP contribution is 2.45. The molecule has 0 unspecified atom stereocenters. The smallest absolute Gasteiger partial charge is 0.400 e. The van der Waals surface area contributed by atoms with Crippen LogP contribution < -0.4 is 4.74 Å². The van der Waals surface area contributed by atoms with Crippen LogP contribution in [0.5, 0.6) is 5.75 Å². The fourth-order valence-corrected chi connectivity index (χ4v) is 6.44. The van der Waals surface area contributed by atoms with Crippen LogP contribution in [-0.2, 0) is 9.47 Å². The summed E-state index contributed by atoms with van der Waals surface area (Å²) in [4.78, 5) is 0. The number of benzene rings is 2. The maximum atomic E-state index is 15.2. The van der Waals surface area contributed by atoms with E-state index in [9.17, 15) is 17.6 Å². The monoisotopic (exact) mass is 563 g/mol. The molecule has 0 aromatic heterocycles. The first kappa shape index (κ1) is 28.8. The molecule has 3 fully saturated rings. The summed E-state index contributed by atoms with van der Waals surface area (Å²) in [7, 11) is 0. The molecule has 3 aliphatic rings. The molecular weight excluding hydrogens is 529 g/mol. The second kappa shape index (κ2) is 12.0. The average molecular weight is 564 g/mol. The van der Waals surface area contributed by atoms with Crippen molar-refractivity contribution in [3.05, 3.63) is 64.5 Å². The van der Waals surface area contributed by atoms with Crippen molar-refractivity contribution in [2.75, 3.05) is 13.2 Å². The van der Waals surface area contributed by atoms with E-state index in [1.165, 1.54) is 6.07 Å². The molecule has 216 valence electrons. The van der Waals surface area contributed by atoms with Crippen molar-refractivity contribution in [3.8, 4) is 11.8 Å². The van der Waals surface area contributed by atoms with Crippen LogP contribution in [0, 0.1) is 46.5 Å². The van der Waals surface area contributed by atoms with E-state index in [0.717, 1.165) is 44.5 Å². The molecule has 4 nitrogen and oxygen atoms in total. The molecule has 1 saturated heterocycles. The van der Waals surface area contributed by atoms with E-state index < -0.39 is 35.0 Å². The van der Waals surface area contributed by atoms with Crippen molar-refractivity contribution >= 4 is 0 Å². The Balaban J connectivity index is 1.15. The maximum absolute atomic E-state index is 15.2. The van der Waals surface area contributed by atoms with Crippen LogP contribution in [0.4, 0.5) is 22.0 Å². The Morgan fingerprint density at radius 1 is 0.825 bits per heavy atom. The molecule has 1 heterocycles.